The van der Waals surface area contributed by atoms with Crippen LogP contribution < -0.4 is 5.32 Å². The molecule has 2 aromatic rings. The number of hydrogen-bond acceptors (Lipinski definition) is 4. The maximum atomic E-state index is 13.0. The van der Waals surface area contributed by atoms with Crippen LogP contribution in [0.15, 0.2) is 41.6 Å². The number of rotatable bonds is 3. The van der Waals surface area contributed by atoms with E-state index in [9.17, 15) is 17.6 Å². The Kier molecular flexibility index (Phi) is 4.04. The van der Waals surface area contributed by atoms with Crippen molar-refractivity contribution in [1.82, 2.24) is 4.98 Å². The fourth-order valence-electron chi connectivity index (χ4n) is 1.75. The normalized spacial score (nSPS) is 11.2. The molecule has 0 saturated heterocycles. The van der Waals surface area contributed by atoms with Crippen molar-refractivity contribution < 1.29 is 17.6 Å². The zero-order chi connectivity index (χ0) is 15.6. The van der Waals surface area contributed by atoms with Crippen molar-refractivity contribution in [2.75, 3.05) is 11.6 Å². The lowest BCUT2D eigenvalue weighted by Crippen LogP contribution is -2.14. The minimum Gasteiger partial charge on any atom is -0.321 e. The highest BCUT2D eigenvalue weighted by molar-refractivity contribution is 7.90. The van der Waals surface area contributed by atoms with E-state index in [1.165, 1.54) is 36.5 Å². The Hall–Kier alpha value is -2.28. The highest BCUT2D eigenvalue weighted by atomic mass is 32.2. The zero-order valence-corrected chi connectivity index (χ0v) is 12.2. The van der Waals surface area contributed by atoms with E-state index in [4.69, 9.17) is 0 Å². The molecule has 2 rings (SSSR count). The predicted molar refractivity (Wildman–Crippen MR) is 76.4 cm³/mol. The maximum absolute atomic E-state index is 13.0. The topological polar surface area (TPSA) is 76.1 Å². The number of pyridine rings is 1. The number of aromatic nitrogens is 1. The zero-order valence-electron chi connectivity index (χ0n) is 11.4. The summed E-state index contributed by atoms with van der Waals surface area (Å²) in [6.45, 7) is 1.63. The molecule has 0 unspecified atom stereocenters. The van der Waals surface area contributed by atoms with Crippen LogP contribution in [0.5, 0.6) is 0 Å². The van der Waals surface area contributed by atoms with Crippen LogP contribution in [-0.4, -0.2) is 25.6 Å². The minimum atomic E-state index is -3.38. The Labute approximate surface area is 121 Å². The Morgan fingerprint density at radius 2 is 1.95 bits per heavy atom. The van der Waals surface area contributed by atoms with Crippen LogP contribution in [0.3, 0.4) is 0 Å². The van der Waals surface area contributed by atoms with Gasteiger partial charge in [0, 0.05) is 11.8 Å². The molecule has 0 bridgehead atoms. The number of nitrogens with zero attached hydrogens (tertiary/aromatic N) is 1. The number of sulfone groups is 1. The monoisotopic (exact) mass is 308 g/mol. The first kappa shape index (κ1) is 15.1. The Balaban J connectivity index is 2.20. The first-order valence-electron chi connectivity index (χ1n) is 6.01. The summed E-state index contributed by atoms with van der Waals surface area (Å²) in [5.41, 5.74) is 1.20. The van der Waals surface area contributed by atoms with Gasteiger partial charge < -0.3 is 5.32 Å². The van der Waals surface area contributed by atoms with Crippen LogP contribution in [0.2, 0.25) is 0 Å². The van der Waals surface area contributed by atoms with E-state index in [2.05, 4.69) is 10.3 Å². The smallest absolute Gasteiger partial charge is 0.255 e. The predicted octanol–water partition coefficient (Wildman–Crippen LogP) is 2.18. The molecule has 0 aliphatic carbocycles. The van der Waals surface area contributed by atoms with Crippen LogP contribution >= 0.6 is 0 Å². The summed E-state index contributed by atoms with van der Waals surface area (Å²) < 4.78 is 35.6. The molecule has 7 heteroatoms. The van der Waals surface area contributed by atoms with Crippen LogP contribution in [-0.2, 0) is 9.84 Å². The quantitative estimate of drug-likeness (QED) is 0.943. The number of carbonyl (C=O) groups is 1. The van der Waals surface area contributed by atoms with Crippen LogP contribution in [0.1, 0.15) is 15.9 Å². The second-order valence-corrected chi connectivity index (χ2v) is 6.53. The molecule has 5 nitrogen and oxygen atoms in total. The molecule has 1 aromatic carbocycles. The molecule has 0 fully saturated rings. The number of halogens is 1. The molecule has 21 heavy (non-hydrogen) atoms. The molecule has 1 aromatic heterocycles. The van der Waals surface area contributed by atoms with E-state index in [1.807, 2.05) is 0 Å². The van der Waals surface area contributed by atoms with E-state index >= 15 is 0 Å². The first-order chi connectivity index (χ1) is 9.77. The van der Waals surface area contributed by atoms with Gasteiger partial charge >= 0.3 is 0 Å². The van der Waals surface area contributed by atoms with E-state index in [0.717, 1.165) is 6.26 Å². The van der Waals surface area contributed by atoms with Gasteiger partial charge in [0.25, 0.3) is 5.91 Å². The molecular formula is C14H13FN2O3S. The van der Waals surface area contributed by atoms with Crippen LogP contribution in [0.25, 0.3) is 0 Å². The summed E-state index contributed by atoms with van der Waals surface area (Å²) in [6, 6.07) is 6.60. The third-order valence-corrected chi connectivity index (χ3v) is 3.81. The van der Waals surface area contributed by atoms with Gasteiger partial charge in [-0.15, -0.1) is 0 Å². The van der Waals surface area contributed by atoms with Crippen molar-refractivity contribution >= 4 is 21.4 Å². The van der Waals surface area contributed by atoms with Gasteiger partial charge in [-0.05, 0) is 42.8 Å². The van der Waals surface area contributed by atoms with Crippen molar-refractivity contribution in [2.24, 2.45) is 0 Å². The van der Waals surface area contributed by atoms with Gasteiger partial charge in [-0.25, -0.2) is 17.8 Å². The second-order valence-electron chi connectivity index (χ2n) is 4.57. The van der Waals surface area contributed by atoms with Gasteiger partial charge in [-0.3, -0.25) is 4.79 Å². The summed E-state index contributed by atoms with van der Waals surface area (Å²) in [5.74, 6) is -0.829. The average Bonchev–Trinajstić information content (AvgIpc) is 2.38. The molecule has 0 atom stereocenters. The summed E-state index contributed by atoms with van der Waals surface area (Å²) in [5, 5.41) is 2.51. The largest absolute Gasteiger partial charge is 0.321 e. The van der Waals surface area contributed by atoms with Gasteiger partial charge in [-0.1, -0.05) is 0 Å². The summed E-state index contributed by atoms with van der Waals surface area (Å²) in [7, 11) is -3.38. The van der Waals surface area contributed by atoms with E-state index < -0.39 is 21.6 Å². The van der Waals surface area contributed by atoms with Gasteiger partial charge in [0.2, 0.25) is 0 Å². The summed E-state index contributed by atoms with van der Waals surface area (Å²) >= 11 is 0. The van der Waals surface area contributed by atoms with Crippen LogP contribution in [0, 0.1) is 12.7 Å². The molecule has 1 N–H and O–H groups in total. The van der Waals surface area contributed by atoms with Gasteiger partial charge in [0.05, 0.1) is 11.9 Å². The van der Waals surface area contributed by atoms with Gasteiger partial charge in [0.1, 0.15) is 5.82 Å². The molecule has 1 heterocycles. The van der Waals surface area contributed by atoms with E-state index in [0.29, 0.717) is 16.8 Å². The van der Waals surface area contributed by atoms with Crippen LogP contribution in [0.4, 0.5) is 10.1 Å². The average molecular weight is 308 g/mol. The third-order valence-electron chi connectivity index (χ3n) is 2.81. The molecule has 0 aliphatic heterocycles. The summed E-state index contributed by atoms with van der Waals surface area (Å²) in [4.78, 5) is 15.8. The Bertz CT molecular complexity index is 786. The van der Waals surface area contributed by atoms with Crippen molar-refractivity contribution in [2.45, 2.75) is 11.9 Å². The molecular weight excluding hydrogens is 295 g/mol. The van der Waals surface area contributed by atoms with E-state index in [1.54, 1.807) is 6.92 Å². The maximum Gasteiger partial charge on any atom is 0.255 e. The second kappa shape index (κ2) is 5.61. The highest BCUT2D eigenvalue weighted by Crippen LogP contribution is 2.14. The number of carbonyl (C=O) groups excluding carboxylic acids is 1. The van der Waals surface area contributed by atoms with Crippen molar-refractivity contribution in [3.63, 3.8) is 0 Å². The fraction of sp³-hybridized carbons (Fsp3) is 0.143. The van der Waals surface area contributed by atoms with Crippen molar-refractivity contribution in [3.05, 3.63) is 53.5 Å². The fourth-order valence-corrected chi connectivity index (χ4v) is 2.31. The number of hydrogen-bond donors (Lipinski definition) is 1. The molecule has 0 radical (unpaired) electrons. The summed E-state index contributed by atoms with van der Waals surface area (Å²) in [6.07, 6.45) is 2.31. The Morgan fingerprint density at radius 1 is 1.24 bits per heavy atom. The number of amides is 1. The van der Waals surface area contributed by atoms with E-state index in [-0.39, 0.29) is 5.03 Å². The molecule has 110 valence electrons. The lowest BCUT2D eigenvalue weighted by molar-refractivity contribution is 0.102. The molecule has 0 saturated carbocycles. The first-order valence-corrected chi connectivity index (χ1v) is 7.90. The molecule has 1 amide bonds. The number of anilines is 1. The Morgan fingerprint density at radius 3 is 2.48 bits per heavy atom. The lowest BCUT2D eigenvalue weighted by atomic mass is 10.1. The standard InChI is InChI=1S/C14H13FN2O3S/c1-9-7-10(15)3-5-12(9)14(18)17-11-4-6-13(16-8-11)21(2,19)20/h3-8H,1-2H3,(H,17,18). The third kappa shape index (κ3) is 3.63. The van der Waals surface area contributed by atoms with Gasteiger partial charge in [0.15, 0.2) is 14.9 Å². The van der Waals surface area contributed by atoms with Gasteiger partial charge in [-0.2, -0.15) is 0 Å². The number of aryl methyl sites for hydroxylation is 1. The SMILES string of the molecule is Cc1cc(F)ccc1C(=O)Nc1ccc(S(C)(=O)=O)nc1. The molecule has 0 aliphatic rings. The van der Waals surface area contributed by atoms with Crippen molar-refractivity contribution in [3.8, 4) is 0 Å². The molecule has 0 spiro atoms. The number of benzene rings is 1. The minimum absolute atomic E-state index is 0.0709. The lowest BCUT2D eigenvalue weighted by Gasteiger charge is -2.08. The highest BCUT2D eigenvalue weighted by Gasteiger charge is 2.12. The number of nitrogens with one attached hydrogen (secondary N) is 1. The van der Waals surface area contributed by atoms with Crippen molar-refractivity contribution in [1.29, 1.82) is 0 Å².